The summed E-state index contributed by atoms with van der Waals surface area (Å²) < 4.78 is 0. The third-order valence-corrected chi connectivity index (χ3v) is 3.71. The van der Waals surface area contributed by atoms with Crippen LogP contribution in [0.5, 0.6) is 0 Å². The number of nitriles is 1. The normalized spacial score (nSPS) is 9.90. The van der Waals surface area contributed by atoms with Crippen LogP contribution in [0.25, 0.3) is 0 Å². The summed E-state index contributed by atoms with van der Waals surface area (Å²) in [6.07, 6.45) is 0.329. The Balaban J connectivity index is 2.23. The number of nitrogens with zero attached hydrogens (tertiary/aromatic N) is 2. The molecule has 21 heavy (non-hydrogen) atoms. The first-order valence-corrected chi connectivity index (χ1v) is 6.81. The number of anilines is 2. The highest BCUT2D eigenvalue weighted by Gasteiger charge is 2.20. The summed E-state index contributed by atoms with van der Waals surface area (Å²) in [4.78, 5) is 26.5. The number of carbonyl (C=O) groups excluding carboxylic acids is 1. The summed E-state index contributed by atoms with van der Waals surface area (Å²) in [6, 6.07) is 9.18. The standard InChI is InChI=1S/C14H11N3O3S/c1-8(18)12-11(13(19)20)17-14(21-12)16-10-4-2-9(3-5-10)6-7-15/h2-5H,6H2,1H3,(H,16,17)(H,19,20). The molecule has 0 fully saturated rings. The van der Waals surface area contributed by atoms with E-state index in [1.54, 1.807) is 24.3 Å². The van der Waals surface area contributed by atoms with E-state index in [9.17, 15) is 9.59 Å². The van der Waals surface area contributed by atoms with Crippen LogP contribution in [-0.2, 0) is 6.42 Å². The summed E-state index contributed by atoms with van der Waals surface area (Å²) >= 11 is 1.00. The number of rotatable bonds is 5. The van der Waals surface area contributed by atoms with E-state index >= 15 is 0 Å². The molecule has 0 bridgehead atoms. The van der Waals surface area contributed by atoms with Gasteiger partial charge in [0.2, 0.25) is 0 Å². The van der Waals surface area contributed by atoms with E-state index in [-0.39, 0.29) is 16.4 Å². The molecular formula is C14H11N3O3S. The minimum atomic E-state index is -1.23. The van der Waals surface area contributed by atoms with Crippen molar-refractivity contribution in [3.8, 4) is 6.07 Å². The number of aromatic carboxylic acids is 1. The second-order valence-corrected chi connectivity index (χ2v) is 5.21. The van der Waals surface area contributed by atoms with Crippen molar-refractivity contribution in [1.29, 1.82) is 5.26 Å². The second-order valence-electron chi connectivity index (χ2n) is 4.21. The summed E-state index contributed by atoms with van der Waals surface area (Å²) in [7, 11) is 0. The number of benzene rings is 1. The van der Waals surface area contributed by atoms with Crippen LogP contribution in [0.15, 0.2) is 24.3 Å². The van der Waals surface area contributed by atoms with Crippen LogP contribution in [-0.4, -0.2) is 21.8 Å². The molecule has 0 atom stereocenters. The van der Waals surface area contributed by atoms with Crippen molar-refractivity contribution in [1.82, 2.24) is 4.98 Å². The first-order chi connectivity index (χ1) is 10.0. The van der Waals surface area contributed by atoms with Crippen molar-refractivity contribution < 1.29 is 14.7 Å². The average Bonchev–Trinajstić information content (AvgIpc) is 2.86. The number of nitrogens with one attached hydrogen (secondary N) is 1. The Morgan fingerprint density at radius 3 is 2.52 bits per heavy atom. The Kier molecular flexibility index (Phi) is 4.30. The fourth-order valence-corrected chi connectivity index (χ4v) is 2.55. The minimum Gasteiger partial charge on any atom is -0.476 e. The van der Waals surface area contributed by atoms with Crippen molar-refractivity contribution in [2.75, 3.05) is 5.32 Å². The zero-order valence-corrected chi connectivity index (χ0v) is 11.9. The molecule has 0 spiro atoms. The van der Waals surface area contributed by atoms with Crippen molar-refractivity contribution in [3.05, 3.63) is 40.4 Å². The maximum atomic E-state index is 11.4. The highest BCUT2D eigenvalue weighted by molar-refractivity contribution is 7.17. The van der Waals surface area contributed by atoms with Crippen LogP contribution >= 0.6 is 11.3 Å². The number of carbonyl (C=O) groups is 2. The maximum absolute atomic E-state index is 11.4. The van der Waals surface area contributed by atoms with E-state index in [1.165, 1.54) is 6.92 Å². The molecule has 0 amide bonds. The van der Waals surface area contributed by atoms with E-state index in [0.717, 1.165) is 16.9 Å². The molecule has 0 aliphatic carbocycles. The molecule has 2 rings (SSSR count). The van der Waals surface area contributed by atoms with Crippen molar-refractivity contribution in [2.45, 2.75) is 13.3 Å². The molecule has 1 aromatic carbocycles. The van der Waals surface area contributed by atoms with Crippen LogP contribution in [0.2, 0.25) is 0 Å². The monoisotopic (exact) mass is 301 g/mol. The molecule has 2 aromatic rings. The first-order valence-electron chi connectivity index (χ1n) is 5.99. The topological polar surface area (TPSA) is 103 Å². The zero-order chi connectivity index (χ0) is 15.4. The number of hydrogen-bond acceptors (Lipinski definition) is 6. The summed E-state index contributed by atoms with van der Waals surface area (Å²) in [5, 5.41) is 20.9. The van der Waals surface area contributed by atoms with Gasteiger partial charge in [-0.1, -0.05) is 23.5 Å². The van der Waals surface area contributed by atoms with Gasteiger partial charge in [-0.2, -0.15) is 5.26 Å². The van der Waals surface area contributed by atoms with E-state index in [2.05, 4.69) is 16.4 Å². The number of Topliss-reactive ketones (excluding diaryl/α,β-unsaturated/α-hetero) is 1. The first kappa shape index (κ1) is 14.7. The SMILES string of the molecule is CC(=O)c1sc(Nc2ccc(CC#N)cc2)nc1C(=O)O. The summed E-state index contributed by atoms with van der Waals surface area (Å²) in [5.41, 5.74) is 1.35. The predicted molar refractivity (Wildman–Crippen MR) is 78.1 cm³/mol. The molecule has 106 valence electrons. The second kappa shape index (κ2) is 6.15. The molecule has 1 heterocycles. The van der Waals surface area contributed by atoms with E-state index in [4.69, 9.17) is 10.4 Å². The Bertz CT molecular complexity index is 697. The molecule has 0 aliphatic rings. The lowest BCUT2D eigenvalue weighted by Gasteiger charge is -2.02. The van der Waals surface area contributed by atoms with Gasteiger partial charge < -0.3 is 10.4 Å². The third-order valence-electron chi connectivity index (χ3n) is 2.64. The maximum Gasteiger partial charge on any atom is 0.356 e. The van der Waals surface area contributed by atoms with Crippen LogP contribution < -0.4 is 5.32 Å². The smallest absolute Gasteiger partial charge is 0.356 e. The summed E-state index contributed by atoms with van der Waals surface area (Å²) in [6.45, 7) is 1.31. The lowest BCUT2D eigenvalue weighted by atomic mass is 10.1. The Hall–Kier alpha value is -2.72. The van der Waals surface area contributed by atoms with Gasteiger partial charge in [0, 0.05) is 12.6 Å². The van der Waals surface area contributed by atoms with Crippen LogP contribution in [0.3, 0.4) is 0 Å². The molecule has 2 N–H and O–H groups in total. The number of carboxylic acid groups (broad SMARTS) is 1. The lowest BCUT2D eigenvalue weighted by molar-refractivity contribution is 0.0687. The Labute approximate surface area is 124 Å². The summed E-state index contributed by atoms with van der Waals surface area (Å²) in [5.74, 6) is -1.56. The zero-order valence-electron chi connectivity index (χ0n) is 11.1. The molecule has 0 saturated carbocycles. The highest BCUT2D eigenvalue weighted by atomic mass is 32.1. The van der Waals surface area contributed by atoms with Gasteiger partial charge in [-0.15, -0.1) is 0 Å². The molecular weight excluding hydrogens is 290 g/mol. The molecule has 0 radical (unpaired) electrons. The van der Waals surface area contributed by atoms with Gasteiger partial charge in [0.15, 0.2) is 16.6 Å². The van der Waals surface area contributed by atoms with Crippen molar-refractivity contribution >= 4 is 33.9 Å². The molecule has 0 aliphatic heterocycles. The third kappa shape index (κ3) is 3.43. The Morgan fingerprint density at radius 1 is 1.38 bits per heavy atom. The van der Waals surface area contributed by atoms with Crippen LogP contribution in [0.4, 0.5) is 10.8 Å². The largest absolute Gasteiger partial charge is 0.476 e. The molecule has 0 saturated heterocycles. The van der Waals surface area contributed by atoms with Gasteiger partial charge in [-0.25, -0.2) is 9.78 Å². The number of carboxylic acids is 1. The fourth-order valence-electron chi connectivity index (χ4n) is 1.68. The average molecular weight is 301 g/mol. The van der Waals surface area contributed by atoms with Gasteiger partial charge in [-0.05, 0) is 17.7 Å². The quantitative estimate of drug-likeness (QED) is 0.823. The van der Waals surface area contributed by atoms with Gasteiger partial charge in [0.05, 0.1) is 12.5 Å². The molecule has 0 unspecified atom stereocenters. The van der Waals surface area contributed by atoms with Crippen LogP contribution in [0, 0.1) is 11.3 Å². The predicted octanol–water partition coefficient (Wildman–Crippen LogP) is 2.85. The van der Waals surface area contributed by atoms with Gasteiger partial charge in [0.25, 0.3) is 0 Å². The van der Waals surface area contributed by atoms with Gasteiger partial charge >= 0.3 is 5.97 Å². The number of hydrogen-bond donors (Lipinski definition) is 2. The van der Waals surface area contributed by atoms with Gasteiger partial charge in [-0.3, -0.25) is 4.79 Å². The number of ketones is 1. The van der Waals surface area contributed by atoms with Gasteiger partial charge in [0.1, 0.15) is 4.88 Å². The molecule has 1 aromatic heterocycles. The van der Waals surface area contributed by atoms with Crippen molar-refractivity contribution in [3.63, 3.8) is 0 Å². The molecule has 7 heteroatoms. The molecule has 6 nitrogen and oxygen atoms in total. The number of aromatic nitrogens is 1. The minimum absolute atomic E-state index is 0.117. The highest BCUT2D eigenvalue weighted by Crippen LogP contribution is 2.26. The van der Waals surface area contributed by atoms with E-state index in [1.807, 2.05) is 0 Å². The van der Waals surface area contributed by atoms with Crippen molar-refractivity contribution in [2.24, 2.45) is 0 Å². The fraction of sp³-hybridized carbons (Fsp3) is 0.143. The van der Waals surface area contributed by atoms with E-state index < -0.39 is 5.97 Å². The van der Waals surface area contributed by atoms with Crippen LogP contribution in [0.1, 0.15) is 32.6 Å². The Morgan fingerprint density at radius 2 is 2.05 bits per heavy atom. The number of thiazole rings is 1. The lowest BCUT2D eigenvalue weighted by Crippen LogP contribution is -2.03. The van der Waals surface area contributed by atoms with E-state index in [0.29, 0.717) is 17.2 Å².